The summed E-state index contributed by atoms with van der Waals surface area (Å²) in [7, 11) is 0. The van der Waals surface area contributed by atoms with Crippen LogP contribution in [0.15, 0.2) is 23.8 Å². The highest BCUT2D eigenvalue weighted by molar-refractivity contribution is 6.21. The largest absolute Gasteiger partial charge is 0.458 e. The smallest absolute Gasteiger partial charge is 0.334 e. The average Bonchev–Trinajstić information content (AvgIpc) is 2.77. The Hall–Kier alpha value is -1.37. The molecular formula is C17H21ClO6. The van der Waals surface area contributed by atoms with E-state index < -0.39 is 52.6 Å². The molecule has 6 nitrogen and oxygen atoms in total. The van der Waals surface area contributed by atoms with E-state index >= 15 is 0 Å². The van der Waals surface area contributed by atoms with Gasteiger partial charge in [-0.25, -0.2) is 4.79 Å². The standard InChI is InChI=1S/C17H21ClO6/c1-7-5-10(23-9(3)19)12-8(2)15(20)24-13(12)14-16(4,21)11(18)6-17(7,14)22/h5,10-14,21-22H,2,6H2,1,3-4H3. The van der Waals surface area contributed by atoms with Crippen molar-refractivity contribution in [2.45, 2.75) is 56.0 Å². The van der Waals surface area contributed by atoms with E-state index in [0.29, 0.717) is 5.57 Å². The van der Waals surface area contributed by atoms with E-state index in [0.717, 1.165) is 0 Å². The Balaban J connectivity index is 2.17. The molecule has 1 heterocycles. The van der Waals surface area contributed by atoms with Gasteiger partial charge in [0.05, 0.1) is 28.4 Å². The molecule has 0 aromatic carbocycles. The summed E-state index contributed by atoms with van der Waals surface area (Å²) in [6.45, 7) is 8.25. The Bertz CT molecular complexity index is 653. The minimum atomic E-state index is -1.47. The third kappa shape index (κ3) is 2.24. The maximum Gasteiger partial charge on any atom is 0.334 e. The molecule has 1 saturated carbocycles. The van der Waals surface area contributed by atoms with Gasteiger partial charge in [0.15, 0.2) is 0 Å². The van der Waals surface area contributed by atoms with Crippen molar-refractivity contribution in [2.24, 2.45) is 11.8 Å². The van der Waals surface area contributed by atoms with Crippen molar-refractivity contribution >= 4 is 23.5 Å². The predicted octanol–water partition coefficient (Wildman–Crippen LogP) is 1.09. The summed E-state index contributed by atoms with van der Waals surface area (Å²) in [5.74, 6) is -2.66. The Morgan fingerprint density at radius 3 is 2.71 bits per heavy atom. The van der Waals surface area contributed by atoms with Gasteiger partial charge in [0.25, 0.3) is 0 Å². The highest BCUT2D eigenvalue weighted by atomic mass is 35.5. The summed E-state index contributed by atoms with van der Waals surface area (Å²) in [5.41, 5.74) is -2.24. The Morgan fingerprint density at radius 2 is 2.12 bits per heavy atom. The molecule has 2 aliphatic carbocycles. The van der Waals surface area contributed by atoms with Gasteiger partial charge in [-0.05, 0) is 31.9 Å². The number of aliphatic hydroxyl groups is 2. The second-order valence-electron chi connectivity index (χ2n) is 7.14. The topological polar surface area (TPSA) is 93.1 Å². The van der Waals surface area contributed by atoms with Crippen LogP contribution < -0.4 is 0 Å². The molecular weight excluding hydrogens is 336 g/mol. The highest BCUT2D eigenvalue weighted by Crippen LogP contribution is 2.56. The maximum absolute atomic E-state index is 12.1. The van der Waals surface area contributed by atoms with Crippen LogP contribution in [-0.2, 0) is 19.1 Å². The number of rotatable bonds is 1. The van der Waals surface area contributed by atoms with Crippen LogP contribution in [-0.4, -0.2) is 50.9 Å². The van der Waals surface area contributed by atoms with Gasteiger partial charge in [0, 0.05) is 12.5 Å². The Labute approximate surface area is 145 Å². The van der Waals surface area contributed by atoms with Crippen molar-refractivity contribution in [1.29, 1.82) is 0 Å². The number of carbonyl (C=O) groups excluding carboxylic acids is 2. The van der Waals surface area contributed by atoms with E-state index in [1.807, 2.05) is 0 Å². The lowest BCUT2D eigenvalue weighted by Gasteiger charge is -2.39. The molecule has 3 rings (SSSR count). The molecule has 1 aliphatic heterocycles. The van der Waals surface area contributed by atoms with Gasteiger partial charge in [0.1, 0.15) is 12.2 Å². The molecule has 0 aromatic heterocycles. The van der Waals surface area contributed by atoms with Crippen LogP contribution in [0.4, 0.5) is 0 Å². The first kappa shape index (κ1) is 17.5. The fourth-order valence-electron chi connectivity index (χ4n) is 4.36. The predicted molar refractivity (Wildman–Crippen MR) is 85.1 cm³/mol. The lowest BCUT2D eigenvalue weighted by Crippen LogP contribution is -2.52. The van der Waals surface area contributed by atoms with E-state index in [-0.39, 0.29) is 12.0 Å². The highest BCUT2D eigenvalue weighted by Gasteiger charge is 2.67. The fourth-order valence-corrected chi connectivity index (χ4v) is 4.73. The molecule has 7 unspecified atom stereocenters. The summed E-state index contributed by atoms with van der Waals surface area (Å²) in [5, 5.41) is 21.5. The van der Waals surface area contributed by atoms with Crippen molar-refractivity contribution < 1.29 is 29.3 Å². The van der Waals surface area contributed by atoms with Gasteiger partial charge in [-0.3, -0.25) is 4.79 Å². The van der Waals surface area contributed by atoms with Gasteiger partial charge >= 0.3 is 11.9 Å². The summed E-state index contributed by atoms with van der Waals surface area (Å²) < 4.78 is 10.8. The maximum atomic E-state index is 12.1. The summed E-state index contributed by atoms with van der Waals surface area (Å²) in [6.07, 6.45) is 0.0312. The molecule has 0 radical (unpaired) electrons. The number of halogens is 1. The SMILES string of the molecule is C=C1C(=O)OC2C1C(OC(C)=O)C=C(C)C1(O)CC(Cl)C(C)(O)C21. The third-order valence-corrected chi connectivity index (χ3v) is 6.21. The van der Waals surface area contributed by atoms with E-state index in [1.165, 1.54) is 13.8 Å². The molecule has 132 valence electrons. The molecule has 7 atom stereocenters. The number of hydrogen-bond donors (Lipinski definition) is 2. The zero-order chi connectivity index (χ0) is 18.0. The number of hydrogen-bond acceptors (Lipinski definition) is 6. The van der Waals surface area contributed by atoms with Crippen LogP contribution >= 0.6 is 11.6 Å². The zero-order valence-electron chi connectivity index (χ0n) is 13.8. The number of alkyl halides is 1. The van der Waals surface area contributed by atoms with E-state index in [2.05, 4.69) is 6.58 Å². The first-order valence-electron chi connectivity index (χ1n) is 7.85. The lowest BCUT2D eigenvalue weighted by molar-refractivity contribution is -0.157. The first-order chi connectivity index (χ1) is 11.0. The van der Waals surface area contributed by atoms with Crippen LogP contribution in [0, 0.1) is 11.8 Å². The van der Waals surface area contributed by atoms with Gasteiger partial charge in [-0.1, -0.05) is 6.58 Å². The monoisotopic (exact) mass is 356 g/mol. The second-order valence-corrected chi connectivity index (χ2v) is 7.67. The van der Waals surface area contributed by atoms with Gasteiger partial charge in [0.2, 0.25) is 0 Å². The van der Waals surface area contributed by atoms with Crippen molar-refractivity contribution in [3.05, 3.63) is 23.8 Å². The van der Waals surface area contributed by atoms with Crippen LogP contribution in [0.1, 0.15) is 27.2 Å². The van der Waals surface area contributed by atoms with Crippen LogP contribution in [0.5, 0.6) is 0 Å². The zero-order valence-corrected chi connectivity index (χ0v) is 14.5. The summed E-state index contributed by atoms with van der Waals surface area (Å²) in [6, 6.07) is 0. The quantitative estimate of drug-likeness (QED) is 0.316. The molecule has 24 heavy (non-hydrogen) atoms. The number of ether oxygens (including phenoxy) is 2. The van der Waals surface area contributed by atoms with Gasteiger partial charge in [-0.15, -0.1) is 11.6 Å². The normalized spacial score (nSPS) is 47.4. The fraction of sp³-hybridized carbons (Fsp3) is 0.647. The molecule has 2 N–H and O–H groups in total. The number of carbonyl (C=O) groups is 2. The van der Waals surface area contributed by atoms with E-state index in [9.17, 15) is 19.8 Å². The molecule has 0 spiro atoms. The van der Waals surface area contributed by atoms with E-state index in [1.54, 1.807) is 13.0 Å². The Kier molecular flexibility index (Phi) is 3.86. The molecule has 2 fully saturated rings. The molecule has 0 bridgehead atoms. The molecule has 3 aliphatic rings. The molecule has 7 heteroatoms. The third-order valence-electron chi connectivity index (χ3n) is 5.61. The Morgan fingerprint density at radius 1 is 1.50 bits per heavy atom. The van der Waals surface area contributed by atoms with Gasteiger partial charge < -0.3 is 19.7 Å². The van der Waals surface area contributed by atoms with Gasteiger partial charge in [-0.2, -0.15) is 0 Å². The van der Waals surface area contributed by atoms with Crippen LogP contribution in [0.2, 0.25) is 0 Å². The minimum Gasteiger partial charge on any atom is -0.458 e. The average molecular weight is 357 g/mol. The summed E-state index contributed by atoms with van der Waals surface area (Å²) >= 11 is 6.29. The molecule has 0 aromatic rings. The molecule has 0 amide bonds. The van der Waals surface area contributed by atoms with Crippen molar-refractivity contribution in [3.63, 3.8) is 0 Å². The van der Waals surface area contributed by atoms with Crippen molar-refractivity contribution in [3.8, 4) is 0 Å². The second kappa shape index (κ2) is 5.31. The van der Waals surface area contributed by atoms with Crippen molar-refractivity contribution in [1.82, 2.24) is 0 Å². The minimum absolute atomic E-state index is 0.106. The van der Waals surface area contributed by atoms with E-state index in [4.69, 9.17) is 21.1 Å². The number of fused-ring (bicyclic) bond motifs is 3. The van der Waals surface area contributed by atoms with Crippen LogP contribution in [0.3, 0.4) is 0 Å². The van der Waals surface area contributed by atoms with Crippen molar-refractivity contribution in [2.75, 3.05) is 0 Å². The number of esters is 2. The first-order valence-corrected chi connectivity index (χ1v) is 8.28. The summed E-state index contributed by atoms with van der Waals surface area (Å²) in [4.78, 5) is 23.5. The molecule has 1 saturated heterocycles. The lowest BCUT2D eigenvalue weighted by atomic mass is 9.74. The van der Waals surface area contributed by atoms with Crippen LogP contribution in [0.25, 0.3) is 0 Å².